The molecule has 0 radical (unpaired) electrons. The first-order valence-corrected chi connectivity index (χ1v) is 19.2. The second-order valence-electron chi connectivity index (χ2n) is 11.9. The van der Waals surface area contributed by atoms with Crippen LogP contribution in [0.2, 0.25) is 0 Å². The van der Waals surface area contributed by atoms with Crippen molar-refractivity contribution in [2.45, 2.75) is 0 Å². The van der Waals surface area contributed by atoms with Gasteiger partial charge >= 0.3 is 0 Å². The fraction of sp³-hybridized carbons (Fsp3) is 0. The van der Waals surface area contributed by atoms with Crippen molar-refractivity contribution in [1.29, 1.82) is 0 Å². The molecule has 0 atom stereocenters. The highest BCUT2D eigenvalue weighted by atomic mass is 79.9. The van der Waals surface area contributed by atoms with Crippen LogP contribution in [0, 0.1) is 0 Å². The van der Waals surface area contributed by atoms with Gasteiger partial charge in [-0.3, -0.25) is 19.9 Å². The van der Waals surface area contributed by atoms with E-state index in [-0.39, 0.29) is 0 Å². The van der Waals surface area contributed by atoms with E-state index >= 15 is 0 Å². The summed E-state index contributed by atoms with van der Waals surface area (Å²) in [5.41, 5.74) is 12.9. The Morgan fingerprint density at radius 2 is 0.577 bits per heavy atom. The van der Waals surface area contributed by atoms with Gasteiger partial charge in [-0.25, -0.2) is 9.97 Å². The Kier molecular flexibility index (Phi) is 8.62. The van der Waals surface area contributed by atoms with Crippen molar-refractivity contribution >= 4 is 110 Å². The molecule has 7 aromatic rings. The zero-order valence-corrected chi connectivity index (χ0v) is 33.1. The van der Waals surface area contributed by atoms with Crippen LogP contribution in [0.5, 0.6) is 0 Å². The molecule has 0 aliphatic carbocycles. The molecule has 52 heavy (non-hydrogen) atoms. The second kappa shape index (κ2) is 13.6. The van der Waals surface area contributed by atoms with E-state index in [1.807, 2.05) is 72.8 Å². The number of fused-ring (bicyclic) bond motifs is 8. The smallest absolute Gasteiger partial charge is 0.0753 e. The van der Waals surface area contributed by atoms with Crippen LogP contribution in [0.4, 0.5) is 0 Å². The lowest BCUT2D eigenvalue weighted by molar-refractivity contribution is 1.25. The fourth-order valence-corrected chi connectivity index (χ4v) is 7.32. The molecule has 0 unspecified atom stereocenters. The first kappa shape index (κ1) is 33.0. The van der Waals surface area contributed by atoms with E-state index in [2.05, 4.69) is 98.0 Å². The third-order valence-electron chi connectivity index (χ3n) is 8.69. The molecule has 0 spiro atoms. The molecule has 2 aliphatic heterocycles. The summed E-state index contributed by atoms with van der Waals surface area (Å²) in [7, 11) is 0. The van der Waals surface area contributed by atoms with Crippen molar-refractivity contribution in [1.82, 2.24) is 39.9 Å². The van der Waals surface area contributed by atoms with E-state index in [4.69, 9.17) is 29.9 Å². The predicted octanol–water partition coefficient (Wildman–Crippen LogP) is 12.0. The zero-order valence-electron chi connectivity index (χ0n) is 26.7. The van der Waals surface area contributed by atoms with Crippen LogP contribution in [-0.2, 0) is 0 Å². The molecular formula is C40H22Br4N8. The summed E-state index contributed by atoms with van der Waals surface area (Å²) in [6.07, 6.45) is 15.3. The van der Waals surface area contributed by atoms with Crippen molar-refractivity contribution in [2.24, 2.45) is 0 Å². The lowest BCUT2D eigenvalue weighted by Gasteiger charge is -2.06. The van der Waals surface area contributed by atoms with Crippen LogP contribution in [-0.4, -0.2) is 39.9 Å². The fourth-order valence-electron chi connectivity index (χ4n) is 6.38. The first-order chi connectivity index (χ1) is 25.4. The minimum atomic E-state index is 0.759. The van der Waals surface area contributed by atoms with Gasteiger partial charge in [0, 0.05) is 64.9 Å². The van der Waals surface area contributed by atoms with E-state index in [0.29, 0.717) is 0 Å². The number of pyridine rings is 4. The third-order valence-corrected chi connectivity index (χ3v) is 10.6. The maximum absolute atomic E-state index is 5.27. The van der Waals surface area contributed by atoms with Crippen molar-refractivity contribution in [3.05, 3.63) is 138 Å². The lowest BCUT2D eigenvalue weighted by atomic mass is 10.1. The van der Waals surface area contributed by atoms with Gasteiger partial charge in [-0.05, 0) is 161 Å². The quantitative estimate of drug-likeness (QED) is 0.182. The van der Waals surface area contributed by atoms with Gasteiger partial charge in [0.1, 0.15) is 0 Å². The van der Waals surface area contributed by atoms with E-state index < -0.39 is 0 Å². The minimum Gasteiger partial charge on any atom is -0.354 e. The van der Waals surface area contributed by atoms with Crippen LogP contribution in [0.3, 0.4) is 0 Å². The summed E-state index contributed by atoms with van der Waals surface area (Å²) in [4.78, 5) is 37.2. The summed E-state index contributed by atoms with van der Waals surface area (Å²) in [5.74, 6) is 0. The summed E-state index contributed by atoms with van der Waals surface area (Å²) in [5, 5.41) is 0. The maximum Gasteiger partial charge on any atom is 0.0753 e. The number of nitrogens with zero attached hydrogens (tertiary/aromatic N) is 6. The highest BCUT2D eigenvalue weighted by Gasteiger charge is 2.20. The van der Waals surface area contributed by atoms with Gasteiger partial charge in [0.2, 0.25) is 0 Å². The average Bonchev–Trinajstić information content (AvgIpc) is 3.99. The van der Waals surface area contributed by atoms with Crippen LogP contribution < -0.4 is 0 Å². The zero-order chi connectivity index (χ0) is 35.3. The van der Waals surface area contributed by atoms with E-state index in [1.54, 1.807) is 24.8 Å². The number of hydrogen-bond acceptors (Lipinski definition) is 6. The van der Waals surface area contributed by atoms with E-state index in [1.165, 1.54) is 0 Å². The lowest BCUT2D eigenvalue weighted by Crippen LogP contribution is -1.92. The average molecular weight is 934 g/mol. The number of aromatic nitrogens is 8. The number of halogens is 4. The molecule has 2 aliphatic rings. The van der Waals surface area contributed by atoms with Gasteiger partial charge in [0.05, 0.1) is 67.6 Å². The molecule has 9 heterocycles. The molecular weight excluding hydrogens is 912 g/mol. The van der Waals surface area contributed by atoms with Crippen LogP contribution >= 0.6 is 63.7 Å². The predicted molar refractivity (Wildman–Crippen MR) is 223 cm³/mol. The molecule has 0 aromatic carbocycles. The molecule has 8 nitrogen and oxygen atoms in total. The topological polar surface area (TPSA) is 109 Å². The Hall–Kier alpha value is -4.88. The molecule has 2 N–H and O–H groups in total. The van der Waals surface area contributed by atoms with Gasteiger partial charge in [0.15, 0.2) is 0 Å². The van der Waals surface area contributed by atoms with Crippen LogP contribution in [0.1, 0.15) is 22.8 Å². The van der Waals surface area contributed by atoms with Gasteiger partial charge in [-0.15, -0.1) is 0 Å². The molecule has 0 amide bonds. The summed E-state index contributed by atoms with van der Waals surface area (Å²) >= 11 is 14.2. The molecule has 0 saturated carbocycles. The number of rotatable bonds is 4. The second-order valence-corrected chi connectivity index (χ2v) is 15.6. The number of aromatic amines is 2. The number of hydrogen-bond donors (Lipinski definition) is 2. The van der Waals surface area contributed by atoms with Crippen molar-refractivity contribution in [2.75, 3.05) is 0 Å². The Morgan fingerprint density at radius 1 is 0.327 bits per heavy atom. The molecule has 12 heteroatoms. The van der Waals surface area contributed by atoms with Crippen LogP contribution in [0.15, 0.2) is 115 Å². The van der Waals surface area contributed by atoms with E-state index in [0.717, 1.165) is 108 Å². The first-order valence-electron chi connectivity index (χ1n) is 16.0. The van der Waals surface area contributed by atoms with Gasteiger partial charge in [-0.1, -0.05) is 0 Å². The summed E-state index contributed by atoms with van der Waals surface area (Å²) < 4.78 is 3.55. The van der Waals surface area contributed by atoms with Gasteiger partial charge in [0.25, 0.3) is 0 Å². The Morgan fingerprint density at radius 3 is 0.788 bits per heavy atom. The highest BCUT2D eigenvalue weighted by molar-refractivity contribution is 9.11. The Balaban J connectivity index is 1.47. The maximum atomic E-state index is 5.27. The van der Waals surface area contributed by atoms with Gasteiger partial charge < -0.3 is 9.97 Å². The van der Waals surface area contributed by atoms with Crippen molar-refractivity contribution in [3.63, 3.8) is 0 Å². The Labute approximate surface area is 330 Å². The summed E-state index contributed by atoms with van der Waals surface area (Å²) in [6.45, 7) is 0. The largest absolute Gasteiger partial charge is 0.354 e. The minimum absolute atomic E-state index is 0.759. The van der Waals surface area contributed by atoms with Gasteiger partial charge in [-0.2, -0.15) is 0 Å². The monoisotopic (exact) mass is 930 g/mol. The molecule has 0 fully saturated rings. The number of nitrogens with one attached hydrogen (secondary N) is 2. The van der Waals surface area contributed by atoms with Crippen molar-refractivity contribution in [3.8, 4) is 45.0 Å². The summed E-state index contributed by atoms with van der Waals surface area (Å²) in [6, 6.07) is 24.1. The van der Waals surface area contributed by atoms with Crippen LogP contribution in [0.25, 0.3) is 91.4 Å². The Bertz CT molecular complexity index is 2380. The van der Waals surface area contributed by atoms with Crippen molar-refractivity contribution < 1.29 is 0 Å². The third kappa shape index (κ3) is 6.19. The molecule has 250 valence electrons. The molecule has 7 aromatic heterocycles. The SMILES string of the molecule is Brc1ccc(-c2c3nc(c(-c4ccc(Br)cn4)c4ccc([nH]4)c(-c4ccc(Br)cn4)c4nc(c(-c5ccc(Br)cn5)c5ccc2[nH]5)C=C4)C=C3)nc1. The molecule has 0 saturated heterocycles. The molecule has 8 bridgehead atoms. The number of H-pyrrole nitrogens is 2. The highest BCUT2D eigenvalue weighted by Crippen LogP contribution is 2.37. The normalized spacial score (nSPS) is 12.1. The van der Waals surface area contributed by atoms with E-state index in [9.17, 15) is 0 Å². The standard InChI is InChI=1S/C40H22Br4N8/c41-21-1-5-25(45-17-21)37-29-9-11-31(49-29)38(26-6-2-22(42)18-46-26)33-13-15-35(51-33)40(28-8-4-24(44)20-48-28)36-16-14-34(52-36)39(32-12-10-30(37)50-32)27-7-3-23(43)19-47-27/h1-20,49,52H. The molecule has 9 rings (SSSR count).